The van der Waals surface area contributed by atoms with Gasteiger partial charge >= 0.3 is 0 Å². The van der Waals surface area contributed by atoms with E-state index in [0.29, 0.717) is 24.4 Å². The first-order valence-corrected chi connectivity index (χ1v) is 7.89. The first-order chi connectivity index (χ1) is 11.1. The average molecular weight is 310 g/mol. The van der Waals surface area contributed by atoms with Gasteiger partial charge in [0.05, 0.1) is 11.8 Å². The van der Waals surface area contributed by atoms with Crippen molar-refractivity contribution in [3.63, 3.8) is 0 Å². The Kier molecular flexibility index (Phi) is 3.22. The number of carbonyl (C=O) groups excluding carboxylic acids is 2. The number of rotatable bonds is 3. The number of primary amides is 1. The number of furan rings is 1. The van der Waals surface area contributed by atoms with Crippen LogP contribution in [0.5, 0.6) is 0 Å². The molecule has 2 N–H and O–H groups in total. The molecule has 4 rings (SSSR count). The standard InChI is InChI=1S/C18H18N2O3/c19-17(21)15-9-12-3-1-2-4-13(12)10-20(15)18(22)14-7-8-23-16(14)11-5-6-11/h1-4,7-8,11,15H,5-6,9-10H2,(H2,19,21)/t15-/m0/s1. The van der Waals surface area contributed by atoms with Crippen molar-refractivity contribution < 1.29 is 14.0 Å². The summed E-state index contributed by atoms with van der Waals surface area (Å²) in [6.07, 6.45) is 4.12. The molecule has 0 unspecified atom stereocenters. The Hall–Kier alpha value is -2.56. The molecular formula is C18H18N2O3. The molecule has 118 valence electrons. The van der Waals surface area contributed by atoms with Gasteiger partial charge in [0.15, 0.2) is 0 Å². The van der Waals surface area contributed by atoms with Gasteiger partial charge in [-0.25, -0.2) is 0 Å². The topological polar surface area (TPSA) is 76.5 Å². The van der Waals surface area contributed by atoms with Crippen molar-refractivity contribution in [3.05, 3.63) is 59.0 Å². The van der Waals surface area contributed by atoms with Gasteiger partial charge in [-0.2, -0.15) is 0 Å². The van der Waals surface area contributed by atoms with Crippen LogP contribution in [0.2, 0.25) is 0 Å². The maximum atomic E-state index is 13.0. The number of nitrogens with two attached hydrogens (primary N) is 1. The normalized spacial score (nSPS) is 20.2. The smallest absolute Gasteiger partial charge is 0.258 e. The van der Waals surface area contributed by atoms with Crippen molar-refractivity contribution in [2.24, 2.45) is 5.73 Å². The number of fused-ring (bicyclic) bond motifs is 1. The number of amides is 2. The van der Waals surface area contributed by atoms with Crippen LogP contribution in [0, 0.1) is 0 Å². The van der Waals surface area contributed by atoms with Gasteiger partial charge in [-0.1, -0.05) is 24.3 Å². The second-order valence-corrected chi connectivity index (χ2v) is 6.30. The summed E-state index contributed by atoms with van der Waals surface area (Å²) in [4.78, 5) is 26.5. The van der Waals surface area contributed by atoms with Gasteiger partial charge < -0.3 is 15.1 Å². The van der Waals surface area contributed by atoms with Crippen LogP contribution in [0.4, 0.5) is 0 Å². The molecule has 5 nitrogen and oxygen atoms in total. The van der Waals surface area contributed by atoms with Crippen molar-refractivity contribution in [2.45, 2.75) is 37.8 Å². The molecule has 0 bridgehead atoms. The third-order valence-electron chi connectivity index (χ3n) is 4.71. The van der Waals surface area contributed by atoms with Crippen LogP contribution >= 0.6 is 0 Å². The summed E-state index contributed by atoms with van der Waals surface area (Å²) in [5, 5.41) is 0. The van der Waals surface area contributed by atoms with Crippen LogP contribution in [0.15, 0.2) is 41.0 Å². The Morgan fingerprint density at radius 2 is 1.87 bits per heavy atom. The highest BCUT2D eigenvalue weighted by molar-refractivity contribution is 5.98. The number of hydrogen-bond donors (Lipinski definition) is 1. The summed E-state index contributed by atoms with van der Waals surface area (Å²) in [6, 6.07) is 8.95. The molecule has 0 saturated heterocycles. The molecule has 1 atom stereocenters. The van der Waals surface area contributed by atoms with E-state index in [1.165, 1.54) is 0 Å². The monoisotopic (exact) mass is 310 g/mol. The molecule has 23 heavy (non-hydrogen) atoms. The molecule has 5 heteroatoms. The van der Waals surface area contributed by atoms with Crippen LogP contribution in [-0.4, -0.2) is 22.8 Å². The predicted octanol–water partition coefficient (Wildman–Crippen LogP) is 2.21. The SMILES string of the molecule is NC(=O)[C@@H]1Cc2ccccc2CN1C(=O)c1ccoc1C1CC1. The van der Waals surface area contributed by atoms with Crippen molar-refractivity contribution in [1.82, 2.24) is 4.90 Å². The number of hydrogen-bond acceptors (Lipinski definition) is 3. The van der Waals surface area contributed by atoms with Gasteiger partial charge in [-0.3, -0.25) is 9.59 Å². The minimum Gasteiger partial charge on any atom is -0.468 e. The minimum absolute atomic E-state index is 0.168. The Morgan fingerprint density at radius 1 is 1.13 bits per heavy atom. The van der Waals surface area contributed by atoms with Crippen molar-refractivity contribution in [2.75, 3.05) is 0 Å². The number of carbonyl (C=O) groups is 2. The third-order valence-corrected chi connectivity index (χ3v) is 4.71. The van der Waals surface area contributed by atoms with Crippen LogP contribution in [0.25, 0.3) is 0 Å². The highest BCUT2D eigenvalue weighted by atomic mass is 16.3. The van der Waals surface area contributed by atoms with Crippen LogP contribution in [-0.2, 0) is 17.8 Å². The summed E-state index contributed by atoms with van der Waals surface area (Å²) in [5.74, 6) is 0.452. The van der Waals surface area contributed by atoms with E-state index in [2.05, 4.69) is 0 Å². The second kappa shape index (κ2) is 5.26. The van der Waals surface area contributed by atoms with E-state index in [4.69, 9.17) is 10.2 Å². The first-order valence-electron chi connectivity index (χ1n) is 7.89. The van der Waals surface area contributed by atoms with Crippen LogP contribution in [0.3, 0.4) is 0 Å². The van der Waals surface area contributed by atoms with Gasteiger partial charge in [0, 0.05) is 18.9 Å². The Labute approximate surface area is 134 Å². The number of nitrogens with zero attached hydrogens (tertiary/aromatic N) is 1. The average Bonchev–Trinajstić information content (AvgIpc) is 3.29. The molecule has 1 aromatic heterocycles. The molecule has 2 aliphatic rings. The second-order valence-electron chi connectivity index (χ2n) is 6.30. The van der Waals surface area contributed by atoms with Gasteiger partial charge in [-0.05, 0) is 30.0 Å². The quantitative estimate of drug-likeness (QED) is 0.944. The van der Waals surface area contributed by atoms with Crippen molar-refractivity contribution in [3.8, 4) is 0 Å². The fraction of sp³-hybridized carbons (Fsp3) is 0.333. The fourth-order valence-electron chi connectivity index (χ4n) is 3.30. The minimum atomic E-state index is -0.612. The molecule has 2 aromatic rings. The molecule has 2 heterocycles. The predicted molar refractivity (Wildman–Crippen MR) is 83.7 cm³/mol. The maximum Gasteiger partial charge on any atom is 0.258 e. The third kappa shape index (κ3) is 2.42. The lowest BCUT2D eigenvalue weighted by molar-refractivity contribution is -0.122. The molecule has 1 aliphatic carbocycles. The lowest BCUT2D eigenvalue weighted by atomic mass is 9.93. The van der Waals surface area contributed by atoms with Gasteiger partial charge in [0.25, 0.3) is 5.91 Å². The van der Waals surface area contributed by atoms with E-state index in [9.17, 15) is 9.59 Å². The molecular weight excluding hydrogens is 292 g/mol. The van der Waals surface area contributed by atoms with Gasteiger partial charge in [0.1, 0.15) is 11.8 Å². The fourth-order valence-corrected chi connectivity index (χ4v) is 3.30. The van der Waals surface area contributed by atoms with Gasteiger partial charge in [0.2, 0.25) is 5.91 Å². The first kappa shape index (κ1) is 14.1. The van der Waals surface area contributed by atoms with E-state index in [1.807, 2.05) is 24.3 Å². The Balaban J connectivity index is 1.69. The van der Waals surface area contributed by atoms with Crippen LogP contribution < -0.4 is 5.73 Å². The van der Waals surface area contributed by atoms with E-state index in [0.717, 1.165) is 29.7 Å². The largest absolute Gasteiger partial charge is 0.468 e. The Morgan fingerprint density at radius 3 is 2.57 bits per heavy atom. The van der Waals surface area contributed by atoms with E-state index < -0.39 is 11.9 Å². The van der Waals surface area contributed by atoms with Gasteiger partial charge in [-0.15, -0.1) is 0 Å². The van der Waals surface area contributed by atoms with Crippen molar-refractivity contribution in [1.29, 1.82) is 0 Å². The van der Waals surface area contributed by atoms with Crippen LogP contribution in [0.1, 0.15) is 46.0 Å². The summed E-state index contributed by atoms with van der Waals surface area (Å²) in [6.45, 7) is 0.401. The lowest BCUT2D eigenvalue weighted by Gasteiger charge is -2.35. The molecule has 1 saturated carbocycles. The molecule has 1 aromatic carbocycles. The molecule has 1 fully saturated rings. The highest BCUT2D eigenvalue weighted by Gasteiger charge is 2.37. The Bertz CT molecular complexity index is 776. The van der Waals surface area contributed by atoms with E-state index in [1.54, 1.807) is 17.2 Å². The lowest BCUT2D eigenvalue weighted by Crippen LogP contribution is -2.51. The molecule has 2 amide bonds. The molecule has 0 radical (unpaired) electrons. The summed E-state index contributed by atoms with van der Waals surface area (Å²) in [5.41, 5.74) is 8.27. The zero-order chi connectivity index (χ0) is 16.0. The summed E-state index contributed by atoms with van der Waals surface area (Å²) >= 11 is 0. The molecule has 1 aliphatic heterocycles. The summed E-state index contributed by atoms with van der Waals surface area (Å²) < 4.78 is 5.50. The summed E-state index contributed by atoms with van der Waals surface area (Å²) in [7, 11) is 0. The van der Waals surface area contributed by atoms with Crippen molar-refractivity contribution >= 4 is 11.8 Å². The highest BCUT2D eigenvalue weighted by Crippen LogP contribution is 2.42. The van der Waals surface area contributed by atoms with E-state index in [-0.39, 0.29) is 5.91 Å². The maximum absolute atomic E-state index is 13.0. The molecule has 0 spiro atoms. The zero-order valence-corrected chi connectivity index (χ0v) is 12.7. The van der Waals surface area contributed by atoms with E-state index >= 15 is 0 Å². The number of benzene rings is 1. The zero-order valence-electron chi connectivity index (χ0n) is 12.7.